The zero-order valence-corrected chi connectivity index (χ0v) is 17.9. The number of benzene rings is 2. The number of hydrogen-bond donors (Lipinski definition) is 1. The average Bonchev–Trinajstić information content (AvgIpc) is 3.08. The molecule has 3 aromatic rings. The quantitative estimate of drug-likeness (QED) is 0.529. The van der Waals surface area contributed by atoms with Gasteiger partial charge in [-0.15, -0.1) is 0 Å². The molecule has 1 saturated heterocycles. The van der Waals surface area contributed by atoms with Crippen LogP contribution >= 0.6 is 39.1 Å². The number of hydrogen-bond acceptors (Lipinski definition) is 4. The summed E-state index contributed by atoms with van der Waals surface area (Å²) in [6.07, 6.45) is 0. The van der Waals surface area contributed by atoms with E-state index in [1.807, 2.05) is 24.3 Å². The van der Waals surface area contributed by atoms with Crippen LogP contribution in [-0.4, -0.2) is 42.2 Å². The Morgan fingerprint density at radius 1 is 1.07 bits per heavy atom. The Morgan fingerprint density at radius 3 is 2.39 bits per heavy atom. The van der Waals surface area contributed by atoms with Crippen molar-refractivity contribution < 1.29 is 14.3 Å². The van der Waals surface area contributed by atoms with Gasteiger partial charge in [0.1, 0.15) is 5.58 Å². The summed E-state index contributed by atoms with van der Waals surface area (Å²) in [7, 11) is 0. The van der Waals surface area contributed by atoms with Gasteiger partial charge in [-0.2, -0.15) is 0 Å². The van der Waals surface area contributed by atoms with Crippen LogP contribution < -0.4 is 4.90 Å². The van der Waals surface area contributed by atoms with Gasteiger partial charge in [-0.25, -0.2) is 4.79 Å². The average molecular weight is 484 g/mol. The molecule has 0 unspecified atom stereocenters. The normalized spacial score (nSPS) is 15.3. The van der Waals surface area contributed by atoms with Gasteiger partial charge < -0.3 is 14.4 Å². The van der Waals surface area contributed by atoms with Crippen molar-refractivity contribution in [2.75, 3.05) is 31.1 Å². The van der Waals surface area contributed by atoms with E-state index in [1.54, 1.807) is 12.1 Å². The van der Waals surface area contributed by atoms with Gasteiger partial charge in [-0.3, -0.25) is 4.90 Å². The number of rotatable bonds is 4. The summed E-state index contributed by atoms with van der Waals surface area (Å²) in [5, 5.41) is 11.2. The lowest BCUT2D eigenvalue weighted by Crippen LogP contribution is -2.46. The first-order chi connectivity index (χ1) is 13.4. The number of nitrogens with zero attached hydrogens (tertiary/aromatic N) is 2. The molecule has 4 rings (SSSR count). The maximum atomic E-state index is 11.2. The van der Waals surface area contributed by atoms with E-state index in [0.717, 1.165) is 53.8 Å². The largest absolute Gasteiger partial charge is 0.475 e. The summed E-state index contributed by atoms with van der Waals surface area (Å²) < 4.78 is 6.24. The van der Waals surface area contributed by atoms with E-state index in [-0.39, 0.29) is 5.76 Å². The fourth-order valence-electron chi connectivity index (χ4n) is 3.52. The van der Waals surface area contributed by atoms with Crippen LogP contribution in [0.25, 0.3) is 11.0 Å². The summed E-state index contributed by atoms with van der Waals surface area (Å²) in [6.45, 7) is 4.34. The smallest absolute Gasteiger partial charge is 0.371 e. The third-order valence-electron chi connectivity index (χ3n) is 4.87. The van der Waals surface area contributed by atoms with Gasteiger partial charge in [0.25, 0.3) is 0 Å². The third-order valence-corrected chi connectivity index (χ3v) is 6.14. The number of piperazine rings is 1. The first kappa shape index (κ1) is 19.6. The SMILES string of the molecule is O=C(O)c1cc2c(Br)c(N3CCN(Cc4cc(Cl)cc(Cl)c4)CC3)ccc2o1. The van der Waals surface area contributed by atoms with Crippen molar-refractivity contribution in [3.05, 3.63) is 62.2 Å². The first-order valence-electron chi connectivity index (χ1n) is 8.78. The number of fused-ring (bicyclic) bond motifs is 1. The van der Waals surface area contributed by atoms with Crippen LogP contribution in [0.4, 0.5) is 5.69 Å². The molecule has 5 nitrogen and oxygen atoms in total. The number of carboxylic acid groups (broad SMARTS) is 1. The Bertz CT molecular complexity index is 1030. The van der Waals surface area contributed by atoms with Crippen molar-refractivity contribution in [3.63, 3.8) is 0 Å². The van der Waals surface area contributed by atoms with Crippen LogP contribution in [0, 0.1) is 0 Å². The van der Waals surface area contributed by atoms with E-state index < -0.39 is 5.97 Å². The van der Waals surface area contributed by atoms with Gasteiger partial charge in [-0.1, -0.05) is 23.2 Å². The standard InChI is InChI=1S/C20H17BrCl2N2O3/c21-19-15-10-18(20(26)27)28-17(15)2-1-16(19)25-5-3-24(4-6-25)11-12-7-13(22)9-14(23)8-12/h1-2,7-10H,3-6,11H2,(H,26,27). The second-order valence-electron chi connectivity index (χ2n) is 6.77. The molecule has 1 N–H and O–H groups in total. The maximum Gasteiger partial charge on any atom is 0.371 e. The molecule has 0 radical (unpaired) electrons. The van der Waals surface area contributed by atoms with Gasteiger partial charge >= 0.3 is 5.97 Å². The minimum atomic E-state index is -1.07. The van der Waals surface area contributed by atoms with E-state index >= 15 is 0 Å². The third kappa shape index (κ3) is 4.01. The molecule has 146 valence electrons. The number of halogens is 3. The predicted molar refractivity (Wildman–Crippen MR) is 115 cm³/mol. The minimum absolute atomic E-state index is 0.0575. The molecule has 0 bridgehead atoms. The number of carboxylic acids is 1. The zero-order chi connectivity index (χ0) is 19.8. The molecular weight excluding hydrogens is 467 g/mol. The molecule has 8 heteroatoms. The van der Waals surface area contributed by atoms with Gasteiger partial charge in [0.05, 0.1) is 10.2 Å². The van der Waals surface area contributed by atoms with E-state index in [1.165, 1.54) is 0 Å². The van der Waals surface area contributed by atoms with Crippen molar-refractivity contribution in [2.24, 2.45) is 0 Å². The van der Waals surface area contributed by atoms with Crippen molar-refractivity contribution in [1.82, 2.24) is 4.90 Å². The second-order valence-corrected chi connectivity index (χ2v) is 8.43. The van der Waals surface area contributed by atoms with Gasteiger partial charge in [0.15, 0.2) is 0 Å². The highest BCUT2D eigenvalue weighted by Crippen LogP contribution is 2.36. The predicted octanol–water partition coefficient (Wildman–Crippen LogP) is 5.52. The van der Waals surface area contributed by atoms with Crippen molar-refractivity contribution in [2.45, 2.75) is 6.54 Å². The molecule has 1 aliphatic rings. The lowest BCUT2D eigenvalue weighted by atomic mass is 10.1. The highest BCUT2D eigenvalue weighted by Gasteiger charge is 2.21. The van der Waals surface area contributed by atoms with Crippen LogP contribution in [0.15, 0.2) is 45.3 Å². The molecule has 0 amide bonds. The highest BCUT2D eigenvalue weighted by molar-refractivity contribution is 9.10. The Labute approximate surface area is 180 Å². The summed E-state index contributed by atoms with van der Waals surface area (Å²) in [5.74, 6) is -1.13. The van der Waals surface area contributed by atoms with Crippen LogP contribution in [0.2, 0.25) is 10.0 Å². The molecule has 2 heterocycles. The lowest BCUT2D eigenvalue weighted by Gasteiger charge is -2.36. The maximum absolute atomic E-state index is 11.2. The Balaban J connectivity index is 1.47. The minimum Gasteiger partial charge on any atom is -0.475 e. The Hall–Kier alpha value is -1.73. The van der Waals surface area contributed by atoms with Crippen molar-refractivity contribution >= 4 is 61.8 Å². The molecule has 28 heavy (non-hydrogen) atoms. The summed E-state index contributed by atoms with van der Waals surface area (Å²) in [4.78, 5) is 15.8. The summed E-state index contributed by atoms with van der Waals surface area (Å²) >= 11 is 15.8. The van der Waals surface area contributed by atoms with E-state index in [2.05, 4.69) is 25.7 Å². The fraction of sp³-hybridized carbons (Fsp3) is 0.250. The molecule has 1 fully saturated rings. The number of furan rings is 1. The number of carbonyl (C=O) groups is 1. The number of anilines is 1. The molecule has 0 spiro atoms. The van der Waals surface area contributed by atoms with Crippen LogP contribution in [0.1, 0.15) is 16.1 Å². The van der Waals surface area contributed by atoms with Gasteiger partial charge in [0, 0.05) is 54.2 Å². The molecule has 0 saturated carbocycles. The monoisotopic (exact) mass is 482 g/mol. The second kappa shape index (κ2) is 7.95. The molecule has 1 aromatic heterocycles. The Morgan fingerprint density at radius 2 is 1.75 bits per heavy atom. The zero-order valence-electron chi connectivity index (χ0n) is 14.8. The van der Waals surface area contributed by atoms with Gasteiger partial charge in [-0.05, 0) is 51.8 Å². The van der Waals surface area contributed by atoms with Crippen LogP contribution in [-0.2, 0) is 6.54 Å². The van der Waals surface area contributed by atoms with E-state index in [0.29, 0.717) is 15.6 Å². The Kier molecular flexibility index (Phi) is 5.56. The van der Waals surface area contributed by atoms with Crippen LogP contribution in [0.3, 0.4) is 0 Å². The van der Waals surface area contributed by atoms with Crippen molar-refractivity contribution in [3.8, 4) is 0 Å². The highest BCUT2D eigenvalue weighted by atomic mass is 79.9. The molecule has 1 aliphatic heterocycles. The van der Waals surface area contributed by atoms with Crippen molar-refractivity contribution in [1.29, 1.82) is 0 Å². The number of aromatic carboxylic acids is 1. The van der Waals surface area contributed by atoms with E-state index in [4.69, 9.17) is 32.7 Å². The topological polar surface area (TPSA) is 56.9 Å². The first-order valence-corrected chi connectivity index (χ1v) is 10.3. The molecule has 2 aromatic carbocycles. The molecule has 0 atom stereocenters. The summed E-state index contributed by atoms with van der Waals surface area (Å²) in [6, 6.07) is 11.0. The summed E-state index contributed by atoms with van der Waals surface area (Å²) in [5.41, 5.74) is 2.70. The fourth-order valence-corrected chi connectivity index (χ4v) is 4.79. The van der Waals surface area contributed by atoms with E-state index in [9.17, 15) is 4.79 Å². The molecular formula is C20H17BrCl2N2O3. The lowest BCUT2D eigenvalue weighted by molar-refractivity contribution is 0.0665. The van der Waals surface area contributed by atoms with Gasteiger partial charge in [0.2, 0.25) is 5.76 Å². The molecule has 0 aliphatic carbocycles. The van der Waals surface area contributed by atoms with Crippen LogP contribution in [0.5, 0.6) is 0 Å².